The number of carboxylic acid groups (broad SMARTS) is 1. The van der Waals surface area contributed by atoms with Gasteiger partial charge in [-0.1, -0.05) is 0 Å². The maximum Gasteiger partial charge on any atom is 0.408 e. The molecule has 3 N–H and O–H groups in total. The number of hydrogen-bond donors (Lipinski definition) is 2. The first-order chi connectivity index (χ1) is 4.04. The molecule has 1 amide bonds. The van der Waals surface area contributed by atoms with Gasteiger partial charge in [0.1, 0.15) is 0 Å². The second-order valence-corrected chi connectivity index (χ2v) is 2.54. The summed E-state index contributed by atoms with van der Waals surface area (Å²) in [4.78, 5) is 11.5. The third kappa shape index (κ3) is 0.853. The van der Waals surface area contributed by atoms with Crippen molar-refractivity contribution in [2.45, 2.75) is 19.0 Å². The summed E-state index contributed by atoms with van der Waals surface area (Å²) in [6, 6.07) is 0. The molecule has 1 fully saturated rings. The zero-order valence-electron chi connectivity index (χ0n) is 5.29. The van der Waals surface area contributed by atoms with E-state index in [-0.39, 0.29) is 0 Å². The van der Waals surface area contributed by atoms with Gasteiger partial charge in [-0.25, -0.2) is 4.79 Å². The van der Waals surface area contributed by atoms with Crippen molar-refractivity contribution >= 4 is 6.09 Å². The molecule has 0 aromatic rings. The molecule has 0 aliphatic carbocycles. The van der Waals surface area contributed by atoms with E-state index < -0.39 is 11.8 Å². The Morgan fingerprint density at radius 2 is 2.44 bits per heavy atom. The summed E-state index contributed by atoms with van der Waals surface area (Å²) in [6.45, 7) is 2.28. The van der Waals surface area contributed by atoms with Crippen LogP contribution in [0.5, 0.6) is 0 Å². The molecule has 0 bridgehead atoms. The predicted octanol–water partition coefficient (Wildman–Crippen LogP) is 0.0450. The van der Waals surface area contributed by atoms with E-state index in [1.165, 1.54) is 4.90 Å². The van der Waals surface area contributed by atoms with Crippen molar-refractivity contribution in [3.63, 3.8) is 0 Å². The number of carbonyl (C=O) groups is 1. The van der Waals surface area contributed by atoms with Gasteiger partial charge in [-0.3, -0.25) is 4.90 Å². The van der Waals surface area contributed by atoms with Crippen LogP contribution < -0.4 is 5.73 Å². The lowest BCUT2D eigenvalue weighted by Gasteiger charge is -2.45. The molecule has 4 heteroatoms. The zero-order chi connectivity index (χ0) is 7.07. The first-order valence-electron chi connectivity index (χ1n) is 2.83. The van der Waals surface area contributed by atoms with Crippen molar-refractivity contribution in [1.82, 2.24) is 4.90 Å². The molecule has 0 radical (unpaired) electrons. The molecule has 1 unspecified atom stereocenters. The number of nitrogens with zero attached hydrogens (tertiary/aromatic N) is 1. The molecule has 0 aromatic heterocycles. The Morgan fingerprint density at radius 3 is 2.44 bits per heavy atom. The highest BCUT2D eigenvalue weighted by molar-refractivity contribution is 5.67. The molecule has 0 spiro atoms. The summed E-state index contributed by atoms with van der Waals surface area (Å²) < 4.78 is 0. The van der Waals surface area contributed by atoms with Gasteiger partial charge in [0, 0.05) is 13.0 Å². The van der Waals surface area contributed by atoms with E-state index in [1.54, 1.807) is 6.92 Å². The second-order valence-electron chi connectivity index (χ2n) is 2.54. The maximum atomic E-state index is 10.2. The van der Waals surface area contributed by atoms with Crippen LogP contribution in [0.1, 0.15) is 13.3 Å². The molecule has 1 atom stereocenters. The summed E-state index contributed by atoms with van der Waals surface area (Å²) in [7, 11) is 0. The van der Waals surface area contributed by atoms with Gasteiger partial charge in [0.25, 0.3) is 0 Å². The first-order valence-corrected chi connectivity index (χ1v) is 2.83. The lowest BCUT2D eigenvalue weighted by atomic mass is 9.99. The van der Waals surface area contributed by atoms with Crippen molar-refractivity contribution < 1.29 is 9.90 Å². The fourth-order valence-electron chi connectivity index (χ4n) is 0.890. The fourth-order valence-corrected chi connectivity index (χ4v) is 0.890. The minimum Gasteiger partial charge on any atom is -0.465 e. The fraction of sp³-hybridized carbons (Fsp3) is 0.800. The number of nitrogens with two attached hydrogens (primary N) is 1. The van der Waals surface area contributed by atoms with Crippen LogP contribution in [0.4, 0.5) is 4.79 Å². The van der Waals surface area contributed by atoms with Gasteiger partial charge in [-0.2, -0.15) is 0 Å². The Bertz CT molecular complexity index is 144. The van der Waals surface area contributed by atoms with E-state index in [4.69, 9.17) is 10.8 Å². The van der Waals surface area contributed by atoms with E-state index >= 15 is 0 Å². The first kappa shape index (κ1) is 6.35. The summed E-state index contributed by atoms with van der Waals surface area (Å²) >= 11 is 0. The zero-order valence-corrected chi connectivity index (χ0v) is 5.29. The molecule has 1 rings (SSSR count). The van der Waals surface area contributed by atoms with Gasteiger partial charge in [-0.15, -0.1) is 0 Å². The average molecular weight is 130 g/mol. The number of likely N-dealkylation sites (tertiary alicyclic amines) is 1. The molecule has 1 saturated heterocycles. The van der Waals surface area contributed by atoms with Gasteiger partial charge in [0.15, 0.2) is 0 Å². The summed E-state index contributed by atoms with van der Waals surface area (Å²) in [5.41, 5.74) is 4.91. The normalized spacial score (nSPS) is 33.8. The molecule has 0 aromatic carbocycles. The largest absolute Gasteiger partial charge is 0.465 e. The standard InChI is InChI=1S/C5H10N2O2/c1-5(6)2-3-7(5)4(8)9/h2-3,6H2,1H3,(H,8,9). The quantitative estimate of drug-likeness (QED) is 0.486. The van der Waals surface area contributed by atoms with Crippen molar-refractivity contribution in [1.29, 1.82) is 0 Å². The highest BCUT2D eigenvalue weighted by atomic mass is 16.4. The van der Waals surface area contributed by atoms with E-state index in [0.717, 1.165) is 6.42 Å². The minimum absolute atomic E-state index is 0.572. The third-order valence-electron chi connectivity index (χ3n) is 1.69. The minimum atomic E-state index is -0.925. The Labute approximate surface area is 53.2 Å². The van der Waals surface area contributed by atoms with Gasteiger partial charge in [0.05, 0.1) is 5.66 Å². The number of hydrogen-bond acceptors (Lipinski definition) is 2. The van der Waals surface area contributed by atoms with Crippen molar-refractivity contribution in [2.24, 2.45) is 5.73 Å². The molecule has 1 aliphatic rings. The van der Waals surface area contributed by atoms with Crippen LogP contribution in [0.25, 0.3) is 0 Å². The molecule has 1 heterocycles. The van der Waals surface area contributed by atoms with Crippen LogP contribution in [0, 0.1) is 0 Å². The summed E-state index contributed by atoms with van der Waals surface area (Å²) in [6.07, 6.45) is -0.162. The smallest absolute Gasteiger partial charge is 0.408 e. The van der Waals surface area contributed by atoms with E-state index in [9.17, 15) is 4.79 Å². The Kier molecular flexibility index (Phi) is 1.13. The van der Waals surface area contributed by atoms with Gasteiger partial charge >= 0.3 is 6.09 Å². The SMILES string of the molecule is CC1(N)CCN1C(=O)O. The molecule has 9 heavy (non-hydrogen) atoms. The molecule has 1 aliphatic heterocycles. The highest BCUT2D eigenvalue weighted by Crippen LogP contribution is 2.23. The van der Waals surface area contributed by atoms with E-state index in [0.29, 0.717) is 6.54 Å². The molecular weight excluding hydrogens is 120 g/mol. The van der Waals surface area contributed by atoms with Crippen LogP contribution in [0.15, 0.2) is 0 Å². The molecule has 4 nitrogen and oxygen atoms in total. The lowest BCUT2D eigenvalue weighted by molar-refractivity contribution is 0.0168. The second kappa shape index (κ2) is 1.60. The van der Waals surface area contributed by atoms with Crippen molar-refractivity contribution in [3.8, 4) is 0 Å². The van der Waals surface area contributed by atoms with Crippen molar-refractivity contribution in [2.75, 3.05) is 6.54 Å². The van der Waals surface area contributed by atoms with Crippen LogP contribution in [-0.4, -0.2) is 28.3 Å². The van der Waals surface area contributed by atoms with E-state index in [1.807, 2.05) is 0 Å². The Balaban J connectivity index is 2.55. The van der Waals surface area contributed by atoms with Crippen LogP contribution in [0.2, 0.25) is 0 Å². The van der Waals surface area contributed by atoms with Crippen LogP contribution in [0.3, 0.4) is 0 Å². The van der Waals surface area contributed by atoms with Gasteiger partial charge in [-0.05, 0) is 6.92 Å². The monoisotopic (exact) mass is 130 g/mol. The van der Waals surface area contributed by atoms with Gasteiger partial charge in [0.2, 0.25) is 0 Å². The number of rotatable bonds is 0. The maximum absolute atomic E-state index is 10.2. The van der Waals surface area contributed by atoms with Gasteiger partial charge < -0.3 is 10.8 Å². The molecular formula is C5H10N2O2. The third-order valence-corrected chi connectivity index (χ3v) is 1.69. The Hall–Kier alpha value is -0.770. The number of amides is 1. The lowest BCUT2D eigenvalue weighted by Crippen LogP contribution is -2.65. The van der Waals surface area contributed by atoms with Crippen LogP contribution in [-0.2, 0) is 0 Å². The van der Waals surface area contributed by atoms with Crippen LogP contribution >= 0.6 is 0 Å². The average Bonchev–Trinajstić information content (AvgIpc) is 1.62. The Morgan fingerprint density at radius 1 is 1.89 bits per heavy atom. The molecule has 52 valence electrons. The van der Waals surface area contributed by atoms with Crippen molar-refractivity contribution in [3.05, 3.63) is 0 Å². The summed E-state index contributed by atoms with van der Waals surface area (Å²) in [5.74, 6) is 0. The highest BCUT2D eigenvalue weighted by Gasteiger charge is 2.39. The van der Waals surface area contributed by atoms with E-state index in [2.05, 4.69) is 0 Å². The topological polar surface area (TPSA) is 66.6 Å². The predicted molar refractivity (Wildman–Crippen MR) is 31.9 cm³/mol. The molecule has 0 saturated carbocycles. The summed E-state index contributed by atoms with van der Waals surface area (Å²) in [5, 5.41) is 8.41.